The maximum Gasteiger partial charge on any atom is 0.249 e. The van der Waals surface area contributed by atoms with Crippen molar-refractivity contribution in [3.63, 3.8) is 0 Å². The number of primary amides is 1. The molecule has 0 fully saturated rings. The lowest BCUT2D eigenvalue weighted by Gasteiger charge is -2.13. The first-order chi connectivity index (χ1) is 11.6. The van der Waals surface area contributed by atoms with Crippen LogP contribution in [0.5, 0.6) is 17.2 Å². The zero-order valence-electron chi connectivity index (χ0n) is 13.0. The van der Waals surface area contributed by atoms with E-state index >= 15 is 0 Å². The summed E-state index contributed by atoms with van der Waals surface area (Å²) in [6.45, 7) is 0. The van der Waals surface area contributed by atoms with Crippen molar-refractivity contribution < 1.29 is 19.1 Å². The number of nitrogens with two attached hydrogens (primary N) is 1. The fourth-order valence-electron chi connectivity index (χ4n) is 2.54. The molecule has 0 aromatic heterocycles. The number of aldehydes is 1. The lowest BCUT2D eigenvalue weighted by molar-refractivity contribution is 0.100. The number of carbonyl (C=O) groups excluding carboxylic acids is 2. The van der Waals surface area contributed by atoms with Gasteiger partial charge in [-0.15, -0.1) is 0 Å². The first-order valence-corrected chi connectivity index (χ1v) is 7.26. The normalized spacial score (nSPS) is 10.4. The Hall–Kier alpha value is -3.34. The minimum Gasteiger partial charge on any atom is -0.493 e. The van der Waals surface area contributed by atoms with E-state index in [2.05, 4.69) is 0 Å². The van der Waals surface area contributed by atoms with Crippen molar-refractivity contribution in [1.82, 2.24) is 0 Å². The maximum atomic E-state index is 11.6. The molecule has 0 unspecified atom stereocenters. The van der Waals surface area contributed by atoms with E-state index in [9.17, 15) is 9.59 Å². The van der Waals surface area contributed by atoms with Crippen molar-refractivity contribution in [3.8, 4) is 17.2 Å². The zero-order chi connectivity index (χ0) is 17.1. The van der Waals surface area contributed by atoms with E-state index < -0.39 is 5.91 Å². The summed E-state index contributed by atoms with van der Waals surface area (Å²) >= 11 is 0. The number of ether oxygens (including phenoxy) is 2. The Labute approximate surface area is 138 Å². The van der Waals surface area contributed by atoms with Gasteiger partial charge in [-0.3, -0.25) is 9.59 Å². The van der Waals surface area contributed by atoms with E-state index in [-0.39, 0.29) is 0 Å². The Morgan fingerprint density at radius 1 is 0.958 bits per heavy atom. The molecule has 120 valence electrons. The first-order valence-electron chi connectivity index (χ1n) is 7.26. The van der Waals surface area contributed by atoms with E-state index in [1.165, 1.54) is 7.11 Å². The molecule has 2 N–H and O–H groups in total. The molecule has 0 bridgehead atoms. The van der Waals surface area contributed by atoms with Crippen LogP contribution >= 0.6 is 0 Å². The van der Waals surface area contributed by atoms with E-state index in [1.54, 1.807) is 30.3 Å². The highest BCUT2D eigenvalue weighted by molar-refractivity contribution is 6.08. The summed E-state index contributed by atoms with van der Waals surface area (Å²) in [7, 11) is 1.51. The molecule has 3 rings (SSSR count). The van der Waals surface area contributed by atoms with Gasteiger partial charge in [0.15, 0.2) is 11.5 Å². The molecule has 0 aliphatic heterocycles. The van der Waals surface area contributed by atoms with E-state index in [0.717, 1.165) is 11.7 Å². The average molecular weight is 321 g/mol. The fraction of sp³-hybridized carbons (Fsp3) is 0.0526. The SMILES string of the molecule is COc1cc(C=O)ccc1Oc1ccc(C(N)=O)c2ccccc12. The van der Waals surface area contributed by atoms with Crippen LogP contribution in [-0.2, 0) is 0 Å². The molecular formula is C19H15NO4. The molecular weight excluding hydrogens is 306 g/mol. The monoisotopic (exact) mass is 321 g/mol. The molecule has 5 heteroatoms. The number of amides is 1. The Morgan fingerprint density at radius 3 is 2.33 bits per heavy atom. The van der Waals surface area contributed by atoms with Gasteiger partial charge < -0.3 is 15.2 Å². The Morgan fingerprint density at radius 2 is 1.67 bits per heavy atom. The number of rotatable bonds is 5. The van der Waals surface area contributed by atoms with Crippen LogP contribution < -0.4 is 15.2 Å². The molecule has 0 saturated carbocycles. The molecule has 5 nitrogen and oxygen atoms in total. The molecule has 0 radical (unpaired) electrons. The predicted octanol–water partition coefficient (Wildman–Crippen LogP) is 3.55. The average Bonchev–Trinajstić information content (AvgIpc) is 2.62. The molecule has 0 aliphatic rings. The number of hydrogen-bond acceptors (Lipinski definition) is 4. The molecule has 0 spiro atoms. The molecule has 0 saturated heterocycles. The van der Waals surface area contributed by atoms with E-state index in [0.29, 0.717) is 33.8 Å². The smallest absolute Gasteiger partial charge is 0.249 e. The number of fused-ring (bicyclic) bond motifs is 1. The quantitative estimate of drug-likeness (QED) is 0.729. The number of carbonyl (C=O) groups is 2. The number of methoxy groups -OCH3 is 1. The van der Waals surface area contributed by atoms with Gasteiger partial charge in [0.1, 0.15) is 12.0 Å². The topological polar surface area (TPSA) is 78.6 Å². The van der Waals surface area contributed by atoms with Crippen LogP contribution in [0.3, 0.4) is 0 Å². The lowest BCUT2D eigenvalue weighted by Crippen LogP contribution is -2.11. The Bertz CT molecular complexity index is 934. The summed E-state index contributed by atoms with van der Waals surface area (Å²) in [5.74, 6) is 0.987. The van der Waals surface area contributed by atoms with Gasteiger partial charge in [-0.2, -0.15) is 0 Å². The highest BCUT2D eigenvalue weighted by Gasteiger charge is 2.13. The standard InChI is InChI=1S/C19H15NO4/c1-23-18-10-12(11-21)6-8-17(18)24-16-9-7-15(19(20)22)13-4-2-3-5-14(13)16/h2-11H,1H3,(H2,20,22). The van der Waals surface area contributed by atoms with Gasteiger partial charge in [0, 0.05) is 16.5 Å². The van der Waals surface area contributed by atoms with Crippen LogP contribution in [0.1, 0.15) is 20.7 Å². The summed E-state index contributed by atoms with van der Waals surface area (Å²) in [4.78, 5) is 22.5. The minimum absolute atomic E-state index is 0.432. The largest absolute Gasteiger partial charge is 0.493 e. The van der Waals surface area contributed by atoms with Crippen molar-refractivity contribution in [3.05, 3.63) is 65.7 Å². The lowest BCUT2D eigenvalue weighted by atomic mass is 10.0. The van der Waals surface area contributed by atoms with Gasteiger partial charge in [0.25, 0.3) is 0 Å². The Balaban J connectivity index is 2.10. The van der Waals surface area contributed by atoms with Crippen LogP contribution in [0.15, 0.2) is 54.6 Å². The van der Waals surface area contributed by atoms with Gasteiger partial charge in [-0.05, 0) is 35.7 Å². The van der Waals surface area contributed by atoms with Crippen LogP contribution in [0.25, 0.3) is 10.8 Å². The third kappa shape index (κ3) is 2.79. The first kappa shape index (κ1) is 15.6. The molecule has 0 aliphatic carbocycles. The van der Waals surface area contributed by atoms with Crippen molar-refractivity contribution in [2.24, 2.45) is 5.73 Å². The van der Waals surface area contributed by atoms with Gasteiger partial charge in [0.2, 0.25) is 5.91 Å². The molecule has 24 heavy (non-hydrogen) atoms. The zero-order valence-corrected chi connectivity index (χ0v) is 13.0. The molecule has 3 aromatic carbocycles. The van der Waals surface area contributed by atoms with Crippen molar-refractivity contribution >= 4 is 23.0 Å². The third-order valence-corrected chi connectivity index (χ3v) is 3.69. The van der Waals surface area contributed by atoms with Crippen molar-refractivity contribution in [2.45, 2.75) is 0 Å². The number of hydrogen-bond donors (Lipinski definition) is 1. The van der Waals surface area contributed by atoms with E-state index in [1.807, 2.05) is 24.3 Å². The van der Waals surface area contributed by atoms with Gasteiger partial charge in [0.05, 0.1) is 7.11 Å². The van der Waals surface area contributed by atoms with Crippen LogP contribution in [0, 0.1) is 0 Å². The maximum absolute atomic E-state index is 11.6. The Kier molecular flexibility index (Phi) is 4.16. The summed E-state index contributed by atoms with van der Waals surface area (Å²) < 4.78 is 11.2. The summed E-state index contributed by atoms with van der Waals surface area (Å²) in [6.07, 6.45) is 0.739. The number of benzene rings is 3. The fourth-order valence-corrected chi connectivity index (χ4v) is 2.54. The summed E-state index contributed by atoms with van der Waals surface area (Å²) in [6, 6.07) is 15.6. The molecule has 3 aromatic rings. The van der Waals surface area contributed by atoms with Crippen LogP contribution in [0.4, 0.5) is 0 Å². The molecule has 0 heterocycles. The minimum atomic E-state index is -0.495. The summed E-state index contributed by atoms with van der Waals surface area (Å²) in [5.41, 5.74) is 6.35. The second-order valence-corrected chi connectivity index (χ2v) is 5.15. The van der Waals surface area contributed by atoms with Gasteiger partial charge in [-0.1, -0.05) is 24.3 Å². The van der Waals surface area contributed by atoms with Crippen LogP contribution in [0.2, 0.25) is 0 Å². The van der Waals surface area contributed by atoms with Crippen LogP contribution in [-0.4, -0.2) is 19.3 Å². The molecule has 1 amide bonds. The highest BCUT2D eigenvalue weighted by atomic mass is 16.5. The third-order valence-electron chi connectivity index (χ3n) is 3.69. The van der Waals surface area contributed by atoms with Crippen molar-refractivity contribution in [1.29, 1.82) is 0 Å². The predicted molar refractivity (Wildman–Crippen MR) is 90.9 cm³/mol. The van der Waals surface area contributed by atoms with Gasteiger partial charge >= 0.3 is 0 Å². The highest BCUT2D eigenvalue weighted by Crippen LogP contribution is 2.36. The summed E-state index contributed by atoms with van der Waals surface area (Å²) in [5, 5.41) is 1.47. The van der Waals surface area contributed by atoms with E-state index in [4.69, 9.17) is 15.2 Å². The van der Waals surface area contributed by atoms with Gasteiger partial charge in [-0.25, -0.2) is 0 Å². The van der Waals surface area contributed by atoms with Crippen molar-refractivity contribution in [2.75, 3.05) is 7.11 Å². The second-order valence-electron chi connectivity index (χ2n) is 5.15. The molecule has 0 atom stereocenters. The second kappa shape index (κ2) is 6.42.